The van der Waals surface area contributed by atoms with Crippen LogP contribution in [-0.4, -0.2) is 42.5 Å². The van der Waals surface area contributed by atoms with Gasteiger partial charge in [0.1, 0.15) is 11.6 Å². The molecule has 0 aliphatic carbocycles. The van der Waals surface area contributed by atoms with Gasteiger partial charge >= 0.3 is 0 Å². The lowest BCUT2D eigenvalue weighted by Gasteiger charge is -2.34. The summed E-state index contributed by atoms with van der Waals surface area (Å²) < 4.78 is 27.0. The third kappa shape index (κ3) is 4.73. The van der Waals surface area contributed by atoms with Crippen LogP contribution in [-0.2, 0) is 6.54 Å². The summed E-state index contributed by atoms with van der Waals surface area (Å²) in [7, 11) is 0. The van der Waals surface area contributed by atoms with E-state index in [4.69, 9.17) is 0 Å². The molecule has 3 rings (SSSR count). The molecule has 2 aromatic rings. The minimum absolute atomic E-state index is 0.329. The Kier molecular flexibility index (Phi) is 5.72. The maximum absolute atomic E-state index is 13.7. The first kappa shape index (κ1) is 16.8. The number of benzene rings is 2. The zero-order valence-electron chi connectivity index (χ0n) is 13.7. The first-order valence-electron chi connectivity index (χ1n) is 8.31. The van der Waals surface area contributed by atoms with Crippen molar-refractivity contribution in [3.05, 3.63) is 77.4 Å². The third-order valence-electron chi connectivity index (χ3n) is 4.34. The highest BCUT2D eigenvalue weighted by atomic mass is 19.1. The van der Waals surface area contributed by atoms with Crippen LogP contribution in [0.4, 0.5) is 8.78 Å². The lowest BCUT2D eigenvalue weighted by atomic mass is 10.1. The summed E-state index contributed by atoms with van der Waals surface area (Å²) in [6, 6.07) is 13.9. The highest BCUT2D eigenvalue weighted by Crippen LogP contribution is 2.14. The molecule has 1 aliphatic heterocycles. The summed E-state index contributed by atoms with van der Waals surface area (Å²) in [5.74, 6) is -0.708. The standard InChI is InChI=1S/C20H22F2N2/c21-19-8-9-20(22)18(15-19)16-24-13-11-23(12-14-24)10-4-7-17-5-2-1-3-6-17/h1-9,15H,10-14,16H2/b7-4+. The van der Waals surface area contributed by atoms with Crippen molar-refractivity contribution in [1.29, 1.82) is 0 Å². The fourth-order valence-corrected chi connectivity index (χ4v) is 2.94. The molecule has 0 bridgehead atoms. The number of hydrogen-bond acceptors (Lipinski definition) is 2. The molecule has 0 atom stereocenters. The Hall–Kier alpha value is -2.04. The minimum atomic E-state index is -0.379. The van der Waals surface area contributed by atoms with E-state index in [1.165, 1.54) is 17.7 Å². The summed E-state index contributed by atoms with van der Waals surface area (Å²) in [5, 5.41) is 0. The lowest BCUT2D eigenvalue weighted by molar-refractivity contribution is 0.136. The van der Waals surface area contributed by atoms with Crippen molar-refractivity contribution in [2.75, 3.05) is 32.7 Å². The Morgan fingerprint density at radius 3 is 2.33 bits per heavy atom. The van der Waals surface area contributed by atoms with E-state index in [-0.39, 0.29) is 11.6 Å². The van der Waals surface area contributed by atoms with Crippen LogP contribution in [0.5, 0.6) is 0 Å². The molecule has 4 heteroatoms. The third-order valence-corrected chi connectivity index (χ3v) is 4.34. The van der Waals surface area contributed by atoms with Crippen LogP contribution in [0.3, 0.4) is 0 Å². The Bertz CT molecular complexity index is 677. The van der Waals surface area contributed by atoms with Crippen LogP contribution in [0.1, 0.15) is 11.1 Å². The van der Waals surface area contributed by atoms with Crippen molar-refractivity contribution >= 4 is 6.08 Å². The summed E-state index contributed by atoms with van der Waals surface area (Å²) in [5.41, 5.74) is 1.64. The average molecular weight is 328 g/mol. The molecule has 1 fully saturated rings. The predicted molar refractivity (Wildman–Crippen MR) is 93.6 cm³/mol. The van der Waals surface area contributed by atoms with Gasteiger partial charge in [0.25, 0.3) is 0 Å². The highest BCUT2D eigenvalue weighted by Gasteiger charge is 2.17. The molecule has 0 spiro atoms. The number of halogens is 2. The molecule has 1 saturated heterocycles. The number of piperazine rings is 1. The number of hydrogen-bond donors (Lipinski definition) is 0. The van der Waals surface area contributed by atoms with Gasteiger partial charge < -0.3 is 0 Å². The average Bonchev–Trinajstić information content (AvgIpc) is 2.61. The Labute approximate surface area is 142 Å². The van der Waals surface area contributed by atoms with Crippen molar-refractivity contribution < 1.29 is 8.78 Å². The minimum Gasteiger partial charge on any atom is -0.297 e. The second kappa shape index (κ2) is 8.18. The van der Waals surface area contributed by atoms with Crippen molar-refractivity contribution in [3.8, 4) is 0 Å². The maximum atomic E-state index is 13.7. The predicted octanol–water partition coefficient (Wildman–Crippen LogP) is 3.80. The molecule has 1 heterocycles. The van der Waals surface area contributed by atoms with E-state index in [2.05, 4.69) is 34.1 Å². The molecule has 2 nitrogen and oxygen atoms in total. The van der Waals surface area contributed by atoms with Crippen molar-refractivity contribution in [1.82, 2.24) is 9.80 Å². The zero-order valence-corrected chi connectivity index (χ0v) is 13.7. The molecule has 126 valence electrons. The van der Waals surface area contributed by atoms with Gasteiger partial charge in [0.2, 0.25) is 0 Å². The van der Waals surface area contributed by atoms with Crippen molar-refractivity contribution in [2.45, 2.75) is 6.54 Å². The van der Waals surface area contributed by atoms with Crippen LogP contribution in [0.15, 0.2) is 54.6 Å². The summed E-state index contributed by atoms with van der Waals surface area (Å²) in [6.45, 7) is 5.00. The second-order valence-corrected chi connectivity index (χ2v) is 6.13. The van der Waals surface area contributed by atoms with Gasteiger partial charge in [-0.25, -0.2) is 8.78 Å². The van der Waals surface area contributed by atoms with Crippen LogP contribution in [0.2, 0.25) is 0 Å². The Morgan fingerprint density at radius 2 is 1.58 bits per heavy atom. The summed E-state index contributed by atoms with van der Waals surface area (Å²) >= 11 is 0. The molecular formula is C20H22F2N2. The SMILES string of the molecule is Fc1ccc(F)c(CN2CCN(C/C=C/c3ccccc3)CC2)c1. The number of nitrogens with zero attached hydrogens (tertiary/aromatic N) is 2. The van der Waals surface area contributed by atoms with Gasteiger partial charge in [0.15, 0.2) is 0 Å². The molecule has 24 heavy (non-hydrogen) atoms. The van der Waals surface area contributed by atoms with Crippen molar-refractivity contribution in [3.63, 3.8) is 0 Å². The van der Waals surface area contributed by atoms with Gasteiger partial charge in [-0.05, 0) is 23.8 Å². The monoisotopic (exact) mass is 328 g/mol. The molecule has 0 amide bonds. The lowest BCUT2D eigenvalue weighted by Crippen LogP contribution is -2.45. The maximum Gasteiger partial charge on any atom is 0.127 e. The first-order chi connectivity index (χ1) is 11.7. The molecule has 1 aliphatic rings. The van der Waals surface area contributed by atoms with Crippen LogP contribution in [0.25, 0.3) is 6.08 Å². The van der Waals surface area contributed by atoms with Crippen LogP contribution >= 0.6 is 0 Å². The van der Waals surface area contributed by atoms with Gasteiger partial charge in [-0.1, -0.05) is 42.5 Å². The molecule has 0 radical (unpaired) electrons. The second-order valence-electron chi connectivity index (χ2n) is 6.13. The van der Waals surface area contributed by atoms with E-state index in [9.17, 15) is 8.78 Å². The topological polar surface area (TPSA) is 6.48 Å². The van der Waals surface area contributed by atoms with Crippen molar-refractivity contribution in [2.24, 2.45) is 0 Å². The smallest absolute Gasteiger partial charge is 0.127 e. The first-order valence-corrected chi connectivity index (χ1v) is 8.31. The Balaban J connectivity index is 1.46. The molecular weight excluding hydrogens is 306 g/mol. The molecule has 0 saturated carbocycles. The van der Waals surface area contributed by atoms with E-state index < -0.39 is 0 Å². The molecule has 0 aromatic heterocycles. The highest BCUT2D eigenvalue weighted by molar-refractivity contribution is 5.48. The van der Waals surface area contributed by atoms with E-state index in [0.29, 0.717) is 12.1 Å². The molecule has 2 aromatic carbocycles. The molecule has 0 N–H and O–H groups in total. The van der Waals surface area contributed by atoms with Crippen LogP contribution < -0.4 is 0 Å². The van der Waals surface area contributed by atoms with E-state index >= 15 is 0 Å². The Morgan fingerprint density at radius 1 is 0.875 bits per heavy atom. The van der Waals surface area contributed by atoms with Gasteiger partial charge in [0, 0.05) is 44.8 Å². The van der Waals surface area contributed by atoms with Gasteiger partial charge in [-0.2, -0.15) is 0 Å². The van der Waals surface area contributed by atoms with E-state index in [1.807, 2.05) is 18.2 Å². The van der Waals surface area contributed by atoms with Gasteiger partial charge in [-0.15, -0.1) is 0 Å². The zero-order chi connectivity index (χ0) is 16.8. The van der Waals surface area contributed by atoms with Crippen LogP contribution in [0, 0.1) is 11.6 Å². The largest absolute Gasteiger partial charge is 0.297 e. The normalized spacial score (nSPS) is 16.8. The fourth-order valence-electron chi connectivity index (χ4n) is 2.94. The molecule has 0 unspecified atom stereocenters. The van der Waals surface area contributed by atoms with Gasteiger partial charge in [-0.3, -0.25) is 9.80 Å². The quantitative estimate of drug-likeness (QED) is 0.824. The van der Waals surface area contributed by atoms with E-state index in [1.54, 1.807) is 0 Å². The fraction of sp³-hybridized carbons (Fsp3) is 0.300. The summed E-state index contributed by atoms with van der Waals surface area (Å²) in [6.07, 6.45) is 4.31. The van der Waals surface area contributed by atoms with Gasteiger partial charge in [0.05, 0.1) is 0 Å². The summed E-state index contributed by atoms with van der Waals surface area (Å²) in [4.78, 5) is 4.55. The van der Waals surface area contributed by atoms with E-state index in [0.717, 1.165) is 38.8 Å². The number of rotatable bonds is 5.